The number of benzene rings is 1. The SMILES string of the molecule is CC(C)C(C(=O)C[C@@H](CCCNC(N)=O)C(=O)Nc1ccc(COC(=O)C(C)(C)C)cc1)C(C)(C)C. The summed E-state index contributed by atoms with van der Waals surface area (Å²) in [5, 5.41) is 5.44. The molecule has 202 valence electrons. The molecule has 8 heteroatoms. The molecule has 0 aliphatic rings. The Hall–Kier alpha value is -2.90. The van der Waals surface area contributed by atoms with E-state index in [4.69, 9.17) is 10.5 Å². The van der Waals surface area contributed by atoms with Crippen LogP contribution in [0.15, 0.2) is 24.3 Å². The molecule has 0 spiro atoms. The summed E-state index contributed by atoms with van der Waals surface area (Å²) in [5.41, 5.74) is 5.74. The van der Waals surface area contributed by atoms with Crippen LogP contribution in [0.1, 0.15) is 80.2 Å². The number of rotatable bonds is 12. The van der Waals surface area contributed by atoms with Crippen LogP contribution in [0.25, 0.3) is 0 Å². The second-order valence-electron chi connectivity index (χ2n) is 11.9. The van der Waals surface area contributed by atoms with Gasteiger partial charge in [-0.3, -0.25) is 14.4 Å². The van der Waals surface area contributed by atoms with Crippen molar-refractivity contribution in [3.05, 3.63) is 29.8 Å². The zero-order chi connectivity index (χ0) is 27.7. The van der Waals surface area contributed by atoms with Crippen LogP contribution in [0, 0.1) is 28.6 Å². The highest BCUT2D eigenvalue weighted by Crippen LogP contribution is 2.35. The lowest BCUT2D eigenvalue weighted by Gasteiger charge is -2.33. The Labute approximate surface area is 216 Å². The molecule has 1 aromatic carbocycles. The van der Waals surface area contributed by atoms with Gasteiger partial charge in [0.2, 0.25) is 5.91 Å². The fraction of sp³-hybridized carbons (Fsp3) is 0.643. The third kappa shape index (κ3) is 10.8. The molecule has 2 atom stereocenters. The number of nitrogens with two attached hydrogens (primary N) is 1. The first kappa shape index (κ1) is 31.1. The molecule has 0 bridgehead atoms. The Morgan fingerprint density at radius 2 is 1.56 bits per heavy atom. The van der Waals surface area contributed by atoms with E-state index in [0.717, 1.165) is 5.56 Å². The van der Waals surface area contributed by atoms with Gasteiger partial charge in [0, 0.05) is 30.5 Å². The molecule has 4 N–H and O–H groups in total. The van der Waals surface area contributed by atoms with E-state index in [1.54, 1.807) is 45.0 Å². The first-order valence-corrected chi connectivity index (χ1v) is 12.7. The van der Waals surface area contributed by atoms with Crippen LogP contribution >= 0.6 is 0 Å². The van der Waals surface area contributed by atoms with Crippen LogP contribution in [-0.2, 0) is 25.7 Å². The van der Waals surface area contributed by atoms with E-state index in [-0.39, 0.29) is 47.9 Å². The molecule has 0 saturated heterocycles. The van der Waals surface area contributed by atoms with Gasteiger partial charge in [-0.2, -0.15) is 0 Å². The highest BCUT2D eigenvalue weighted by atomic mass is 16.5. The molecule has 0 aromatic heterocycles. The highest BCUT2D eigenvalue weighted by Gasteiger charge is 2.35. The van der Waals surface area contributed by atoms with Gasteiger partial charge in [-0.1, -0.05) is 46.8 Å². The van der Waals surface area contributed by atoms with Crippen LogP contribution in [0.3, 0.4) is 0 Å². The van der Waals surface area contributed by atoms with E-state index in [1.807, 2.05) is 34.6 Å². The van der Waals surface area contributed by atoms with Crippen molar-refractivity contribution in [1.29, 1.82) is 0 Å². The average Bonchev–Trinajstić information content (AvgIpc) is 2.72. The Balaban J connectivity index is 2.90. The molecule has 0 radical (unpaired) electrons. The number of hydrogen-bond donors (Lipinski definition) is 3. The Morgan fingerprint density at radius 3 is 2.03 bits per heavy atom. The van der Waals surface area contributed by atoms with E-state index in [2.05, 4.69) is 10.6 Å². The molecule has 3 amide bonds. The van der Waals surface area contributed by atoms with Crippen LogP contribution in [-0.4, -0.2) is 30.2 Å². The molecule has 0 aliphatic heterocycles. The number of esters is 1. The normalized spacial score (nSPS) is 13.6. The number of Topliss-reactive ketones (excluding diaryl/α,β-unsaturated/α-hetero) is 1. The van der Waals surface area contributed by atoms with Gasteiger partial charge in [-0.05, 0) is 62.6 Å². The topological polar surface area (TPSA) is 128 Å². The van der Waals surface area contributed by atoms with Crippen LogP contribution in [0.5, 0.6) is 0 Å². The van der Waals surface area contributed by atoms with Gasteiger partial charge < -0.3 is 21.1 Å². The fourth-order valence-electron chi connectivity index (χ4n) is 4.40. The van der Waals surface area contributed by atoms with E-state index in [1.165, 1.54) is 0 Å². The summed E-state index contributed by atoms with van der Waals surface area (Å²) < 4.78 is 5.33. The van der Waals surface area contributed by atoms with Crippen molar-refractivity contribution >= 4 is 29.4 Å². The summed E-state index contributed by atoms with van der Waals surface area (Å²) in [7, 11) is 0. The number of ketones is 1. The minimum Gasteiger partial charge on any atom is -0.460 e. The van der Waals surface area contributed by atoms with Gasteiger partial charge in [0.25, 0.3) is 0 Å². The van der Waals surface area contributed by atoms with Gasteiger partial charge in [-0.15, -0.1) is 0 Å². The zero-order valence-corrected chi connectivity index (χ0v) is 23.2. The lowest BCUT2D eigenvalue weighted by Crippen LogP contribution is -2.36. The first-order chi connectivity index (χ1) is 16.5. The van der Waals surface area contributed by atoms with Gasteiger partial charge in [0.15, 0.2) is 0 Å². The van der Waals surface area contributed by atoms with E-state index < -0.39 is 17.4 Å². The summed E-state index contributed by atoms with van der Waals surface area (Å²) in [6, 6.07) is 6.46. The summed E-state index contributed by atoms with van der Waals surface area (Å²) in [6.07, 6.45) is 1.09. The van der Waals surface area contributed by atoms with E-state index in [9.17, 15) is 19.2 Å². The zero-order valence-electron chi connectivity index (χ0n) is 23.2. The predicted octanol–water partition coefficient (Wildman–Crippen LogP) is 5.06. The number of carbonyl (C=O) groups is 4. The van der Waals surface area contributed by atoms with Crippen molar-refractivity contribution in [2.24, 2.45) is 34.3 Å². The molecular formula is C28H45N3O5. The van der Waals surface area contributed by atoms with Gasteiger partial charge >= 0.3 is 12.0 Å². The number of ether oxygens (including phenoxy) is 1. The summed E-state index contributed by atoms with van der Waals surface area (Å²) in [5.74, 6) is -1.03. The Morgan fingerprint density at radius 1 is 0.972 bits per heavy atom. The molecule has 0 heterocycles. The number of nitrogens with one attached hydrogen (secondary N) is 2. The number of urea groups is 1. The fourth-order valence-corrected chi connectivity index (χ4v) is 4.40. The number of carbonyl (C=O) groups excluding carboxylic acids is 4. The first-order valence-electron chi connectivity index (χ1n) is 12.7. The third-order valence-corrected chi connectivity index (χ3v) is 6.00. The molecule has 1 aromatic rings. The average molecular weight is 504 g/mol. The van der Waals surface area contributed by atoms with Gasteiger partial charge in [0.1, 0.15) is 12.4 Å². The number of primary amides is 1. The molecule has 36 heavy (non-hydrogen) atoms. The number of hydrogen-bond acceptors (Lipinski definition) is 5. The van der Waals surface area contributed by atoms with Gasteiger partial charge in [0.05, 0.1) is 5.41 Å². The highest BCUT2D eigenvalue weighted by molar-refractivity contribution is 5.96. The largest absolute Gasteiger partial charge is 0.460 e. The van der Waals surface area contributed by atoms with Gasteiger partial charge in [-0.25, -0.2) is 4.79 Å². The van der Waals surface area contributed by atoms with Crippen molar-refractivity contribution in [3.8, 4) is 0 Å². The minimum absolute atomic E-state index is 0.0662. The van der Waals surface area contributed by atoms with Crippen LogP contribution in [0.2, 0.25) is 0 Å². The van der Waals surface area contributed by atoms with Crippen molar-refractivity contribution in [2.45, 2.75) is 81.3 Å². The van der Waals surface area contributed by atoms with E-state index >= 15 is 0 Å². The van der Waals surface area contributed by atoms with Crippen molar-refractivity contribution in [2.75, 3.05) is 11.9 Å². The maximum absolute atomic E-state index is 13.3. The maximum Gasteiger partial charge on any atom is 0.312 e. The molecule has 0 aliphatic carbocycles. The molecule has 1 unspecified atom stereocenters. The van der Waals surface area contributed by atoms with Crippen molar-refractivity contribution in [1.82, 2.24) is 5.32 Å². The Bertz CT molecular complexity index is 895. The third-order valence-electron chi connectivity index (χ3n) is 6.00. The van der Waals surface area contributed by atoms with Crippen LogP contribution in [0.4, 0.5) is 10.5 Å². The van der Waals surface area contributed by atoms with Crippen LogP contribution < -0.4 is 16.4 Å². The molecule has 1 rings (SSSR count). The molecule has 8 nitrogen and oxygen atoms in total. The lowest BCUT2D eigenvalue weighted by molar-refractivity contribution is -0.154. The quantitative estimate of drug-likeness (QED) is 0.271. The summed E-state index contributed by atoms with van der Waals surface area (Å²) in [6.45, 7) is 16.1. The molecule has 0 saturated carbocycles. The summed E-state index contributed by atoms with van der Waals surface area (Å²) in [4.78, 5) is 49.4. The minimum atomic E-state index is -0.618. The molecular weight excluding hydrogens is 458 g/mol. The smallest absolute Gasteiger partial charge is 0.312 e. The van der Waals surface area contributed by atoms with E-state index in [0.29, 0.717) is 25.1 Å². The second kappa shape index (κ2) is 13.4. The monoisotopic (exact) mass is 503 g/mol. The standard InChI is InChI=1S/C28H45N3O5/c1-18(2)23(27(3,4)5)22(32)16-20(10-9-15-30-26(29)35)24(33)31-21-13-11-19(12-14-21)17-36-25(34)28(6,7)8/h11-14,18,20,23H,9-10,15-17H2,1-8H3,(H,31,33)(H3,29,30,35)/t20-,23?/m1/s1. The predicted molar refractivity (Wildman–Crippen MR) is 142 cm³/mol. The second-order valence-corrected chi connectivity index (χ2v) is 11.9. The lowest BCUT2D eigenvalue weighted by atomic mass is 9.70. The summed E-state index contributed by atoms with van der Waals surface area (Å²) >= 11 is 0. The van der Waals surface area contributed by atoms with Crippen molar-refractivity contribution in [3.63, 3.8) is 0 Å². The number of amides is 3. The molecule has 0 fully saturated rings. The Kier molecular flexibility index (Phi) is 11.6. The van der Waals surface area contributed by atoms with Crippen molar-refractivity contribution < 1.29 is 23.9 Å². The number of anilines is 1. The maximum atomic E-state index is 13.3.